The molecule has 2 aromatic heterocycles. The Bertz CT molecular complexity index is 797. The molecule has 1 amide bonds. The minimum atomic E-state index is -3.44. The van der Waals surface area contributed by atoms with Crippen molar-refractivity contribution in [3.05, 3.63) is 38.9 Å². The third kappa shape index (κ3) is 3.72. The zero-order valence-corrected chi connectivity index (χ0v) is 16.1. The minimum Gasteiger partial charge on any atom is -0.338 e. The second-order valence-corrected chi connectivity index (χ2v) is 10.1. The third-order valence-corrected chi connectivity index (χ3v) is 8.30. The summed E-state index contributed by atoms with van der Waals surface area (Å²) in [5.41, 5.74) is 1.14. The van der Waals surface area contributed by atoms with Crippen LogP contribution in [0.5, 0.6) is 0 Å². The molecule has 8 heteroatoms. The predicted molar refractivity (Wildman–Crippen MR) is 97.4 cm³/mol. The Morgan fingerprint density at radius 3 is 2.54 bits per heavy atom. The van der Waals surface area contributed by atoms with Gasteiger partial charge in [-0.05, 0) is 49.8 Å². The maximum atomic E-state index is 12.5. The van der Waals surface area contributed by atoms with E-state index in [4.69, 9.17) is 0 Å². The Kier molecular flexibility index (Phi) is 5.10. The van der Waals surface area contributed by atoms with Crippen molar-refractivity contribution in [3.8, 4) is 0 Å². The molecule has 0 bridgehead atoms. The number of carbonyl (C=O) groups is 1. The molecule has 24 heavy (non-hydrogen) atoms. The molecular weight excluding hydrogens is 364 g/mol. The van der Waals surface area contributed by atoms with Gasteiger partial charge in [0.1, 0.15) is 4.21 Å². The number of piperidine rings is 1. The molecule has 0 spiro atoms. The maximum Gasteiger partial charge on any atom is 0.263 e. The van der Waals surface area contributed by atoms with E-state index in [1.165, 1.54) is 22.7 Å². The van der Waals surface area contributed by atoms with E-state index in [0.717, 1.165) is 15.3 Å². The van der Waals surface area contributed by atoms with E-state index in [1.807, 2.05) is 24.8 Å². The molecule has 1 fully saturated rings. The van der Waals surface area contributed by atoms with Crippen LogP contribution in [0.4, 0.5) is 0 Å². The van der Waals surface area contributed by atoms with Crippen molar-refractivity contribution >= 4 is 38.6 Å². The lowest BCUT2D eigenvalue weighted by molar-refractivity contribution is 0.0716. The fourth-order valence-corrected chi connectivity index (χ4v) is 6.05. The van der Waals surface area contributed by atoms with Crippen LogP contribution in [0.15, 0.2) is 27.8 Å². The first-order valence-corrected chi connectivity index (χ1v) is 11.0. The summed E-state index contributed by atoms with van der Waals surface area (Å²) in [7, 11) is -3.44. The number of hydrogen-bond donors (Lipinski definition) is 1. The molecule has 3 rings (SSSR count). The van der Waals surface area contributed by atoms with Crippen LogP contribution in [0, 0.1) is 13.8 Å². The van der Waals surface area contributed by atoms with Crippen LogP contribution >= 0.6 is 22.7 Å². The molecule has 1 aliphatic heterocycles. The first-order chi connectivity index (χ1) is 11.4. The van der Waals surface area contributed by atoms with Crippen molar-refractivity contribution in [2.45, 2.75) is 36.9 Å². The standard InChI is InChI=1S/C16H20N2O3S3/c1-11-10-14(23-12(11)2)16(19)18-7-5-13(6-8-18)17-24(20,21)15-4-3-9-22-15/h3-4,9-10,13,17H,5-8H2,1-2H3. The molecule has 130 valence electrons. The van der Waals surface area contributed by atoms with Crippen LogP contribution in [0.3, 0.4) is 0 Å². The molecule has 1 N–H and O–H groups in total. The average molecular weight is 385 g/mol. The predicted octanol–water partition coefficient (Wildman–Crippen LogP) is 3.01. The highest BCUT2D eigenvalue weighted by atomic mass is 32.2. The summed E-state index contributed by atoms with van der Waals surface area (Å²) in [6, 6.07) is 5.15. The number of nitrogens with zero attached hydrogens (tertiary/aromatic N) is 1. The van der Waals surface area contributed by atoms with Crippen LogP contribution in [0.2, 0.25) is 0 Å². The van der Waals surface area contributed by atoms with Crippen molar-refractivity contribution in [1.82, 2.24) is 9.62 Å². The summed E-state index contributed by atoms with van der Waals surface area (Å²) in [5.74, 6) is 0.0516. The van der Waals surface area contributed by atoms with Crippen molar-refractivity contribution < 1.29 is 13.2 Å². The van der Waals surface area contributed by atoms with Gasteiger partial charge in [0.25, 0.3) is 5.91 Å². The second kappa shape index (κ2) is 6.95. The Morgan fingerprint density at radius 2 is 2.00 bits per heavy atom. The number of thiophene rings is 2. The molecule has 0 aromatic carbocycles. The smallest absolute Gasteiger partial charge is 0.263 e. The number of hydrogen-bond acceptors (Lipinski definition) is 5. The van der Waals surface area contributed by atoms with Gasteiger partial charge >= 0.3 is 0 Å². The van der Waals surface area contributed by atoms with Gasteiger partial charge in [-0.15, -0.1) is 22.7 Å². The van der Waals surface area contributed by atoms with Crippen molar-refractivity contribution in [2.75, 3.05) is 13.1 Å². The van der Waals surface area contributed by atoms with Gasteiger partial charge in [-0.3, -0.25) is 4.79 Å². The van der Waals surface area contributed by atoms with Crippen molar-refractivity contribution in [3.63, 3.8) is 0 Å². The van der Waals surface area contributed by atoms with Crippen molar-refractivity contribution in [1.29, 1.82) is 0 Å². The summed E-state index contributed by atoms with van der Waals surface area (Å²) in [4.78, 5) is 16.3. The molecule has 1 aliphatic rings. The first-order valence-electron chi connectivity index (χ1n) is 7.79. The lowest BCUT2D eigenvalue weighted by atomic mass is 10.1. The first kappa shape index (κ1) is 17.6. The zero-order chi connectivity index (χ0) is 17.3. The SMILES string of the molecule is Cc1cc(C(=O)N2CCC(NS(=O)(=O)c3cccs3)CC2)sc1C. The fraction of sp³-hybridized carbons (Fsp3) is 0.438. The Balaban J connectivity index is 1.59. The van der Waals surface area contributed by atoms with Gasteiger partial charge in [0.15, 0.2) is 0 Å². The van der Waals surface area contributed by atoms with E-state index in [0.29, 0.717) is 30.1 Å². The number of aryl methyl sites for hydroxylation is 2. The van der Waals surface area contributed by atoms with E-state index < -0.39 is 10.0 Å². The van der Waals surface area contributed by atoms with Crippen LogP contribution in [0.1, 0.15) is 33.0 Å². The lowest BCUT2D eigenvalue weighted by Crippen LogP contribution is -2.46. The van der Waals surface area contributed by atoms with Crippen LogP contribution in [-0.2, 0) is 10.0 Å². The average Bonchev–Trinajstić information content (AvgIpc) is 3.18. The number of nitrogens with one attached hydrogen (secondary N) is 1. The highest BCUT2D eigenvalue weighted by Crippen LogP contribution is 2.24. The zero-order valence-electron chi connectivity index (χ0n) is 13.6. The maximum absolute atomic E-state index is 12.5. The van der Waals surface area contributed by atoms with Gasteiger partial charge < -0.3 is 4.90 Å². The quantitative estimate of drug-likeness (QED) is 0.881. The summed E-state index contributed by atoms with van der Waals surface area (Å²) < 4.78 is 27.6. The molecule has 1 saturated heterocycles. The van der Waals surface area contributed by atoms with Crippen LogP contribution < -0.4 is 4.72 Å². The third-order valence-electron chi connectivity index (χ3n) is 4.24. The highest BCUT2D eigenvalue weighted by Gasteiger charge is 2.28. The fourth-order valence-electron chi connectivity index (χ4n) is 2.73. The van der Waals surface area contributed by atoms with E-state index in [2.05, 4.69) is 4.72 Å². The minimum absolute atomic E-state index is 0.0516. The summed E-state index contributed by atoms with van der Waals surface area (Å²) >= 11 is 2.74. The summed E-state index contributed by atoms with van der Waals surface area (Å²) in [5, 5.41) is 1.75. The van der Waals surface area contributed by atoms with Gasteiger partial charge in [-0.2, -0.15) is 0 Å². The number of sulfonamides is 1. The lowest BCUT2D eigenvalue weighted by Gasteiger charge is -2.31. The number of rotatable bonds is 4. The summed E-state index contributed by atoms with van der Waals surface area (Å²) in [6.45, 7) is 5.18. The summed E-state index contributed by atoms with van der Waals surface area (Å²) in [6.07, 6.45) is 1.28. The molecule has 0 aliphatic carbocycles. The molecule has 2 aromatic rings. The van der Waals surface area contributed by atoms with E-state index in [9.17, 15) is 13.2 Å². The molecule has 0 unspecified atom stereocenters. The normalized spacial score (nSPS) is 16.5. The molecule has 0 radical (unpaired) electrons. The number of amides is 1. The largest absolute Gasteiger partial charge is 0.338 e. The number of carbonyl (C=O) groups excluding carboxylic acids is 1. The second-order valence-electron chi connectivity index (χ2n) is 5.97. The molecule has 0 saturated carbocycles. The van der Waals surface area contributed by atoms with Gasteiger partial charge in [-0.1, -0.05) is 6.07 Å². The van der Waals surface area contributed by atoms with Gasteiger partial charge in [-0.25, -0.2) is 13.1 Å². The van der Waals surface area contributed by atoms with Crippen molar-refractivity contribution in [2.24, 2.45) is 0 Å². The van der Waals surface area contributed by atoms with E-state index in [1.54, 1.807) is 17.5 Å². The Labute approximate surface area is 150 Å². The van der Waals surface area contributed by atoms with Crippen LogP contribution in [-0.4, -0.2) is 38.4 Å². The molecular formula is C16H20N2O3S3. The monoisotopic (exact) mass is 384 g/mol. The Morgan fingerprint density at radius 1 is 1.29 bits per heavy atom. The Hall–Kier alpha value is -1.22. The number of likely N-dealkylation sites (tertiary alicyclic amines) is 1. The molecule has 5 nitrogen and oxygen atoms in total. The van der Waals surface area contributed by atoms with E-state index in [-0.39, 0.29) is 11.9 Å². The topological polar surface area (TPSA) is 66.5 Å². The van der Waals surface area contributed by atoms with Gasteiger partial charge in [0, 0.05) is 24.0 Å². The van der Waals surface area contributed by atoms with Crippen LogP contribution in [0.25, 0.3) is 0 Å². The van der Waals surface area contributed by atoms with E-state index >= 15 is 0 Å². The van der Waals surface area contributed by atoms with Gasteiger partial charge in [0.2, 0.25) is 10.0 Å². The van der Waals surface area contributed by atoms with Gasteiger partial charge in [0.05, 0.1) is 4.88 Å². The molecule has 0 atom stereocenters. The molecule has 3 heterocycles. The highest BCUT2D eigenvalue weighted by molar-refractivity contribution is 7.91.